The molecule has 2 rings (SSSR count). The lowest BCUT2D eigenvalue weighted by atomic mass is 10.0. The van der Waals surface area contributed by atoms with Gasteiger partial charge in [-0.25, -0.2) is 0 Å². The van der Waals surface area contributed by atoms with Gasteiger partial charge in [0.05, 0.1) is 0 Å². The summed E-state index contributed by atoms with van der Waals surface area (Å²) < 4.78 is 0. The van der Waals surface area contributed by atoms with Crippen molar-refractivity contribution in [2.24, 2.45) is 5.73 Å². The summed E-state index contributed by atoms with van der Waals surface area (Å²) >= 11 is 0. The smallest absolute Gasteiger partial charge is 0.189 e. The fraction of sp³-hybridized carbons (Fsp3) is 0. The third-order valence-electron chi connectivity index (χ3n) is 2.18. The number of nitrogens with two attached hydrogens (primary N) is 1. The van der Waals surface area contributed by atoms with E-state index in [2.05, 4.69) is 0 Å². The summed E-state index contributed by atoms with van der Waals surface area (Å²) in [5, 5.41) is 9.25. The normalized spacial score (nSPS) is 18.1. The highest BCUT2D eigenvalue weighted by atomic mass is 16.3. The minimum Gasteiger partial charge on any atom is -0.495 e. The fourth-order valence-corrected chi connectivity index (χ4v) is 1.51. The Morgan fingerprint density at radius 2 is 1.86 bits per heavy atom. The van der Waals surface area contributed by atoms with Crippen LogP contribution in [0.2, 0.25) is 0 Å². The van der Waals surface area contributed by atoms with Crippen molar-refractivity contribution in [3.05, 3.63) is 65.6 Å². The first-order valence-electron chi connectivity index (χ1n) is 4.42. The van der Waals surface area contributed by atoms with Gasteiger partial charge in [-0.2, -0.15) is 0 Å². The maximum atomic E-state index is 9.25. The second-order valence-corrected chi connectivity index (χ2v) is 3.10. The predicted octanol–water partition coefficient (Wildman–Crippen LogP) is 2.37. The van der Waals surface area contributed by atoms with Crippen molar-refractivity contribution in [3.63, 3.8) is 0 Å². The molecule has 0 spiro atoms. The molecule has 0 aromatic heterocycles. The van der Waals surface area contributed by atoms with Crippen molar-refractivity contribution in [3.8, 4) is 0 Å². The molecule has 0 atom stereocenters. The van der Waals surface area contributed by atoms with Gasteiger partial charge in [0.15, 0.2) is 5.88 Å². The molecule has 14 heavy (non-hydrogen) atoms. The van der Waals surface area contributed by atoms with E-state index < -0.39 is 0 Å². The Morgan fingerprint density at radius 1 is 1.14 bits per heavy atom. The molecular formula is C12H11NO. The van der Waals surface area contributed by atoms with Crippen LogP contribution in [0.5, 0.6) is 0 Å². The van der Waals surface area contributed by atoms with Gasteiger partial charge in [0.2, 0.25) is 0 Å². The third-order valence-corrected chi connectivity index (χ3v) is 2.18. The van der Waals surface area contributed by atoms with E-state index in [0.29, 0.717) is 5.57 Å². The molecule has 0 aliphatic heterocycles. The van der Waals surface area contributed by atoms with E-state index in [0.717, 1.165) is 11.1 Å². The molecule has 0 fully saturated rings. The highest BCUT2D eigenvalue weighted by Crippen LogP contribution is 2.28. The maximum absolute atomic E-state index is 9.25. The van der Waals surface area contributed by atoms with Crippen LogP contribution < -0.4 is 5.73 Å². The first-order chi connectivity index (χ1) is 6.79. The lowest BCUT2D eigenvalue weighted by Crippen LogP contribution is -2.00. The molecule has 0 amide bonds. The summed E-state index contributed by atoms with van der Waals surface area (Å²) in [7, 11) is 0. The van der Waals surface area contributed by atoms with E-state index in [1.165, 1.54) is 0 Å². The van der Waals surface area contributed by atoms with Crippen molar-refractivity contribution in [1.82, 2.24) is 0 Å². The first-order valence-corrected chi connectivity index (χ1v) is 4.42. The molecule has 0 heterocycles. The molecule has 2 nitrogen and oxygen atoms in total. The van der Waals surface area contributed by atoms with Crippen LogP contribution in [0.25, 0.3) is 5.57 Å². The van der Waals surface area contributed by atoms with E-state index in [9.17, 15) is 5.11 Å². The Bertz CT molecular complexity index is 423. The standard InChI is InChI=1S/C12H11NO/c13-12(14)11-8-4-7-10(11)9-5-2-1-3-6-9/h1-8,14H,13H2/b12-11-. The lowest BCUT2D eigenvalue weighted by Gasteiger charge is -2.05. The van der Waals surface area contributed by atoms with E-state index in [1.807, 2.05) is 42.5 Å². The maximum Gasteiger partial charge on any atom is 0.189 e. The molecule has 70 valence electrons. The Morgan fingerprint density at radius 3 is 2.50 bits per heavy atom. The lowest BCUT2D eigenvalue weighted by molar-refractivity contribution is 0.403. The van der Waals surface area contributed by atoms with Gasteiger partial charge >= 0.3 is 0 Å². The van der Waals surface area contributed by atoms with Gasteiger partial charge in [-0.05, 0) is 17.2 Å². The van der Waals surface area contributed by atoms with E-state index in [1.54, 1.807) is 6.08 Å². The summed E-state index contributed by atoms with van der Waals surface area (Å²) in [6.07, 6.45) is 5.62. The monoisotopic (exact) mass is 185 g/mol. The van der Waals surface area contributed by atoms with E-state index in [4.69, 9.17) is 5.73 Å². The molecule has 1 aliphatic rings. The Labute approximate surface area is 82.7 Å². The number of rotatable bonds is 1. The summed E-state index contributed by atoms with van der Waals surface area (Å²) in [6, 6.07) is 9.85. The Kier molecular flexibility index (Phi) is 2.11. The van der Waals surface area contributed by atoms with Gasteiger partial charge < -0.3 is 10.8 Å². The molecule has 0 saturated carbocycles. The van der Waals surface area contributed by atoms with Gasteiger partial charge in [0.1, 0.15) is 0 Å². The quantitative estimate of drug-likeness (QED) is 0.660. The van der Waals surface area contributed by atoms with Crippen molar-refractivity contribution in [2.75, 3.05) is 0 Å². The highest BCUT2D eigenvalue weighted by Gasteiger charge is 2.11. The van der Waals surface area contributed by atoms with Gasteiger partial charge in [-0.15, -0.1) is 0 Å². The van der Waals surface area contributed by atoms with Crippen LogP contribution in [0, 0.1) is 0 Å². The summed E-state index contributed by atoms with van der Waals surface area (Å²) in [5.41, 5.74) is 8.08. The first kappa shape index (κ1) is 8.63. The molecule has 1 aromatic carbocycles. The average molecular weight is 185 g/mol. The predicted molar refractivity (Wildman–Crippen MR) is 57.4 cm³/mol. The minimum absolute atomic E-state index is 0.131. The van der Waals surface area contributed by atoms with Crippen LogP contribution in [0.3, 0.4) is 0 Å². The van der Waals surface area contributed by atoms with Gasteiger partial charge in [0, 0.05) is 5.57 Å². The summed E-state index contributed by atoms with van der Waals surface area (Å²) in [5.74, 6) is -0.131. The number of benzene rings is 1. The zero-order valence-electron chi connectivity index (χ0n) is 7.64. The Balaban J connectivity index is 2.44. The fourth-order valence-electron chi connectivity index (χ4n) is 1.51. The number of aliphatic hydroxyl groups excluding tert-OH is 1. The summed E-state index contributed by atoms with van der Waals surface area (Å²) in [4.78, 5) is 0. The van der Waals surface area contributed by atoms with Crippen molar-refractivity contribution in [1.29, 1.82) is 0 Å². The zero-order chi connectivity index (χ0) is 9.97. The SMILES string of the molecule is N/C(O)=C1\C=CC=C1c1ccccc1. The van der Waals surface area contributed by atoms with E-state index in [-0.39, 0.29) is 5.88 Å². The van der Waals surface area contributed by atoms with Crippen LogP contribution in [0.15, 0.2) is 60.0 Å². The molecule has 1 aliphatic carbocycles. The van der Waals surface area contributed by atoms with Crippen LogP contribution in [0.4, 0.5) is 0 Å². The second kappa shape index (κ2) is 3.42. The average Bonchev–Trinajstić information content (AvgIpc) is 2.67. The Hall–Kier alpha value is -1.96. The van der Waals surface area contributed by atoms with Crippen LogP contribution in [0.1, 0.15) is 5.56 Å². The zero-order valence-corrected chi connectivity index (χ0v) is 7.64. The number of aliphatic hydroxyl groups is 1. The largest absolute Gasteiger partial charge is 0.495 e. The van der Waals surface area contributed by atoms with Gasteiger partial charge in [-0.3, -0.25) is 0 Å². The van der Waals surface area contributed by atoms with E-state index >= 15 is 0 Å². The molecule has 0 saturated heterocycles. The molecule has 2 heteroatoms. The molecule has 0 bridgehead atoms. The highest BCUT2D eigenvalue weighted by molar-refractivity contribution is 5.86. The molecule has 0 unspecified atom stereocenters. The van der Waals surface area contributed by atoms with Crippen molar-refractivity contribution in [2.45, 2.75) is 0 Å². The minimum atomic E-state index is -0.131. The topological polar surface area (TPSA) is 46.2 Å². The molecule has 3 N–H and O–H groups in total. The number of hydrogen-bond acceptors (Lipinski definition) is 2. The van der Waals surface area contributed by atoms with Crippen LogP contribution in [-0.4, -0.2) is 5.11 Å². The van der Waals surface area contributed by atoms with Crippen molar-refractivity contribution < 1.29 is 5.11 Å². The molecule has 0 radical (unpaired) electrons. The van der Waals surface area contributed by atoms with Gasteiger partial charge in [0.25, 0.3) is 0 Å². The summed E-state index contributed by atoms with van der Waals surface area (Å²) in [6.45, 7) is 0. The second-order valence-electron chi connectivity index (χ2n) is 3.10. The molecular weight excluding hydrogens is 174 g/mol. The van der Waals surface area contributed by atoms with Gasteiger partial charge in [-0.1, -0.05) is 42.5 Å². The van der Waals surface area contributed by atoms with Crippen LogP contribution in [-0.2, 0) is 0 Å². The van der Waals surface area contributed by atoms with Crippen LogP contribution >= 0.6 is 0 Å². The molecule has 1 aromatic rings. The third kappa shape index (κ3) is 1.42. The number of hydrogen-bond donors (Lipinski definition) is 2. The number of allylic oxidation sites excluding steroid dienone is 5. The van der Waals surface area contributed by atoms with Crippen molar-refractivity contribution >= 4 is 5.57 Å².